The van der Waals surface area contributed by atoms with Gasteiger partial charge < -0.3 is 9.73 Å². The molecule has 5 nitrogen and oxygen atoms in total. The van der Waals surface area contributed by atoms with Gasteiger partial charge in [0.2, 0.25) is 0 Å². The Hall–Kier alpha value is -2.31. The molecule has 122 valence electrons. The average Bonchev–Trinajstić information content (AvgIpc) is 3.11. The van der Waals surface area contributed by atoms with Crippen LogP contribution in [0.2, 0.25) is 5.02 Å². The van der Waals surface area contributed by atoms with Crippen molar-refractivity contribution in [3.8, 4) is 11.3 Å². The normalized spacial score (nSPS) is 15.9. The van der Waals surface area contributed by atoms with Crippen LogP contribution < -0.4 is 5.32 Å². The van der Waals surface area contributed by atoms with Crippen molar-refractivity contribution >= 4 is 45.5 Å². The van der Waals surface area contributed by atoms with Crippen LogP contribution in [0.25, 0.3) is 17.4 Å². The Kier molecular flexibility index (Phi) is 4.59. The maximum atomic E-state index is 12.1. The molecule has 1 saturated heterocycles. The van der Waals surface area contributed by atoms with Crippen LogP contribution >= 0.6 is 27.5 Å². The van der Waals surface area contributed by atoms with Gasteiger partial charge in [-0.3, -0.25) is 9.69 Å². The highest BCUT2D eigenvalue weighted by molar-refractivity contribution is 9.10. The van der Waals surface area contributed by atoms with Crippen LogP contribution in [-0.4, -0.2) is 23.4 Å². The number of urea groups is 1. The van der Waals surface area contributed by atoms with E-state index in [0.717, 1.165) is 14.9 Å². The molecule has 1 aromatic heterocycles. The van der Waals surface area contributed by atoms with Gasteiger partial charge in [0.1, 0.15) is 17.2 Å². The van der Waals surface area contributed by atoms with E-state index in [9.17, 15) is 9.59 Å². The molecule has 3 rings (SSSR count). The van der Waals surface area contributed by atoms with Crippen LogP contribution in [0.3, 0.4) is 0 Å². The van der Waals surface area contributed by atoms with Gasteiger partial charge in [-0.1, -0.05) is 23.7 Å². The lowest BCUT2D eigenvalue weighted by molar-refractivity contribution is -0.122. The van der Waals surface area contributed by atoms with E-state index < -0.39 is 11.9 Å². The van der Waals surface area contributed by atoms with Gasteiger partial charge in [-0.2, -0.15) is 0 Å². The number of rotatable bonds is 4. The van der Waals surface area contributed by atoms with E-state index in [1.807, 2.05) is 12.1 Å². The molecule has 1 aliphatic rings. The maximum absolute atomic E-state index is 12.1. The van der Waals surface area contributed by atoms with Gasteiger partial charge in [0.15, 0.2) is 0 Å². The minimum atomic E-state index is -0.474. The van der Waals surface area contributed by atoms with E-state index in [1.165, 1.54) is 12.2 Å². The Morgan fingerprint density at radius 1 is 1.29 bits per heavy atom. The molecule has 2 aromatic rings. The first-order valence-corrected chi connectivity index (χ1v) is 8.17. The Morgan fingerprint density at radius 2 is 2.08 bits per heavy atom. The van der Waals surface area contributed by atoms with Crippen LogP contribution in [0.5, 0.6) is 0 Å². The molecule has 1 N–H and O–H groups in total. The zero-order valence-corrected chi connectivity index (χ0v) is 14.7. The third kappa shape index (κ3) is 3.16. The maximum Gasteiger partial charge on any atom is 0.329 e. The monoisotopic (exact) mass is 406 g/mol. The number of imide groups is 1. The van der Waals surface area contributed by atoms with Crippen molar-refractivity contribution in [2.24, 2.45) is 0 Å². The molecule has 0 radical (unpaired) electrons. The molecule has 2 heterocycles. The van der Waals surface area contributed by atoms with Gasteiger partial charge in [0.25, 0.3) is 5.91 Å². The second kappa shape index (κ2) is 6.67. The fourth-order valence-corrected chi connectivity index (χ4v) is 2.67. The third-order valence-corrected chi connectivity index (χ3v) is 4.62. The Bertz CT molecular complexity index is 872. The molecular weight excluding hydrogens is 396 g/mol. The molecule has 0 saturated carbocycles. The lowest BCUT2D eigenvalue weighted by Gasteiger charge is -2.06. The summed E-state index contributed by atoms with van der Waals surface area (Å²) in [7, 11) is 0. The Morgan fingerprint density at radius 3 is 2.79 bits per heavy atom. The number of hydrogen-bond acceptors (Lipinski definition) is 3. The van der Waals surface area contributed by atoms with Crippen molar-refractivity contribution < 1.29 is 14.0 Å². The molecule has 0 bridgehead atoms. The zero-order chi connectivity index (χ0) is 17.3. The molecule has 0 aliphatic carbocycles. The summed E-state index contributed by atoms with van der Waals surface area (Å²) in [5.41, 5.74) is 0.972. The van der Waals surface area contributed by atoms with Crippen LogP contribution in [-0.2, 0) is 4.79 Å². The molecule has 1 fully saturated rings. The summed E-state index contributed by atoms with van der Waals surface area (Å²) in [5.74, 6) is 0.647. The number of nitrogens with zero attached hydrogens (tertiary/aromatic N) is 1. The van der Waals surface area contributed by atoms with Crippen molar-refractivity contribution in [1.82, 2.24) is 10.2 Å². The van der Waals surface area contributed by atoms with Gasteiger partial charge in [-0.05, 0) is 40.2 Å². The fraction of sp³-hybridized carbons (Fsp3) is 0.0588. The van der Waals surface area contributed by atoms with E-state index >= 15 is 0 Å². The topological polar surface area (TPSA) is 62.6 Å². The number of amides is 3. The number of halogens is 2. The van der Waals surface area contributed by atoms with Crippen LogP contribution in [0.15, 0.2) is 57.6 Å². The summed E-state index contributed by atoms with van der Waals surface area (Å²) in [6, 6.07) is 8.47. The summed E-state index contributed by atoms with van der Waals surface area (Å²) in [6.45, 7) is 3.68. The predicted octanol–water partition coefficient (Wildman–Crippen LogP) is 4.44. The molecule has 1 aromatic carbocycles. The Balaban J connectivity index is 1.86. The standard InChI is InChI=1S/C17H12BrClN2O3/c1-2-7-21-16(22)14(20-17(21)23)9-11-4-6-15(24-11)10-3-5-12(18)13(19)8-10/h2-6,8-9H,1,7H2,(H,20,23). The zero-order valence-electron chi connectivity index (χ0n) is 12.4. The Labute approximate surface area is 151 Å². The van der Waals surface area contributed by atoms with Crippen LogP contribution in [0.4, 0.5) is 4.79 Å². The molecule has 1 aliphatic heterocycles. The molecule has 0 atom stereocenters. The molecule has 0 unspecified atom stereocenters. The van der Waals surface area contributed by atoms with E-state index in [0.29, 0.717) is 16.5 Å². The van der Waals surface area contributed by atoms with Crippen molar-refractivity contribution in [3.05, 3.63) is 63.9 Å². The molecule has 0 spiro atoms. The summed E-state index contributed by atoms with van der Waals surface area (Å²) in [5, 5.41) is 3.09. The van der Waals surface area contributed by atoms with E-state index in [4.69, 9.17) is 16.0 Å². The van der Waals surface area contributed by atoms with Crippen LogP contribution in [0.1, 0.15) is 5.76 Å². The minimum absolute atomic E-state index is 0.156. The van der Waals surface area contributed by atoms with Crippen molar-refractivity contribution in [2.45, 2.75) is 0 Å². The number of furan rings is 1. The fourth-order valence-electron chi connectivity index (χ4n) is 2.24. The SMILES string of the molecule is C=CCN1C(=O)NC(=Cc2ccc(-c3ccc(Br)c(Cl)c3)o2)C1=O. The van der Waals surface area contributed by atoms with E-state index in [1.54, 1.807) is 18.2 Å². The summed E-state index contributed by atoms with van der Waals surface area (Å²) < 4.78 is 6.51. The van der Waals surface area contributed by atoms with Gasteiger partial charge in [-0.25, -0.2) is 4.79 Å². The molecular formula is C17H12BrClN2O3. The highest BCUT2D eigenvalue weighted by atomic mass is 79.9. The second-order valence-electron chi connectivity index (χ2n) is 5.02. The summed E-state index contributed by atoms with van der Waals surface area (Å²) >= 11 is 9.42. The number of carbonyl (C=O) groups is 2. The van der Waals surface area contributed by atoms with Gasteiger partial charge in [0.05, 0.1) is 5.02 Å². The molecule has 3 amide bonds. The highest BCUT2D eigenvalue weighted by Crippen LogP contribution is 2.30. The molecule has 7 heteroatoms. The lowest BCUT2D eigenvalue weighted by Crippen LogP contribution is -2.30. The summed E-state index contributed by atoms with van der Waals surface area (Å²) in [4.78, 5) is 24.9. The van der Waals surface area contributed by atoms with E-state index in [2.05, 4.69) is 27.8 Å². The first-order chi connectivity index (χ1) is 11.5. The average molecular weight is 408 g/mol. The first-order valence-electron chi connectivity index (χ1n) is 7.00. The number of benzene rings is 1. The van der Waals surface area contributed by atoms with E-state index in [-0.39, 0.29) is 12.2 Å². The van der Waals surface area contributed by atoms with Gasteiger partial charge >= 0.3 is 6.03 Å². The smallest absolute Gasteiger partial charge is 0.329 e. The summed E-state index contributed by atoms with van der Waals surface area (Å²) in [6.07, 6.45) is 2.98. The van der Waals surface area contributed by atoms with Crippen molar-refractivity contribution in [1.29, 1.82) is 0 Å². The predicted molar refractivity (Wildman–Crippen MR) is 95.3 cm³/mol. The van der Waals surface area contributed by atoms with Gasteiger partial charge in [-0.15, -0.1) is 6.58 Å². The number of carbonyl (C=O) groups excluding carboxylic acids is 2. The largest absolute Gasteiger partial charge is 0.457 e. The highest BCUT2D eigenvalue weighted by Gasteiger charge is 2.32. The minimum Gasteiger partial charge on any atom is -0.457 e. The number of nitrogens with one attached hydrogen (secondary N) is 1. The molecule has 24 heavy (non-hydrogen) atoms. The third-order valence-electron chi connectivity index (χ3n) is 3.39. The second-order valence-corrected chi connectivity index (χ2v) is 6.29. The number of hydrogen-bond donors (Lipinski definition) is 1. The quantitative estimate of drug-likeness (QED) is 0.463. The van der Waals surface area contributed by atoms with Crippen molar-refractivity contribution in [3.63, 3.8) is 0 Å². The van der Waals surface area contributed by atoms with Crippen LogP contribution in [0, 0.1) is 0 Å². The lowest BCUT2D eigenvalue weighted by atomic mass is 10.2. The van der Waals surface area contributed by atoms with Gasteiger partial charge in [0, 0.05) is 22.7 Å². The first kappa shape index (κ1) is 16.5. The van der Waals surface area contributed by atoms with Crippen molar-refractivity contribution in [2.75, 3.05) is 6.54 Å².